The summed E-state index contributed by atoms with van der Waals surface area (Å²) >= 11 is 0. The Kier molecular flexibility index (Phi) is 4.43. The minimum Gasteiger partial charge on any atom is -0.271 e. The van der Waals surface area contributed by atoms with E-state index in [-0.39, 0.29) is 5.92 Å². The second kappa shape index (κ2) is 5.76. The summed E-state index contributed by atoms with van der Waals surface area (Å²) in [5.74, 6) is 6.99. The molecule has 1 aliphatic carbocycles. The molecule has 1 fully saturated rings. The quantitative estimate of drug-likeness (QED) is 0.431. The van der Waals surface area contributed by atoms with Gasteiger partial charge in [0, 0.05) is 12.3 Å². The first kappa shape index (κ1) is 15.4. The summed E-state index contributed by atoms with van der Waals surface area (Å²) < 4.78 is 31.9. The molecular formula is C11H21N5O3S. The highest BCUT2D eigenvalue weighted by Gasteiger charge is 2.40. The van der Waals surface area contributed by atoms with Crippen molar-refractivity contribution < 1.29 is 13.0 Å². The molecule has 0 bridgehead atoms. The molecule has 0 aromatic rings. The van der Waals surface area contributed by atoms with Crippen molar-refractivity contribution in [1.82, 2.24) is 9.53 Å². The van der Waals surface area contributed by atoms with E-state index in [2.05, 4.69) is 16.9 Å². The summed E-state index contributed by atoms with van der Waals surface area (Å²) in [6, 6.07) is 0. The fraction of sp³-hybridized carbons (Fsp3) is 0.818. The Bertz CT molecular complexity index is 526. The Balaban J connectivity index is 2.26. The lowest BCUT2D eigenvalue weighted by Crippen LogP contribution is -2.58. The SMILES string of the molecule is CCCCC1=NC(C)N(N(N)S(=O)(=O)O)C(C2CC2)=N1. The van der Waals surface area contributed by atoms with Gasteiger partial charge in [0.15, 0.2) is 0 Å². The molecule has 20 heavy (non-hydrogen) atoms. The van der Waals surface area contributed by atoms with E-state index in [0.717, 1.165) is 37.9 Å². The van der Waals surface area contributed by atoms with Crippen LogP contribution in [0.25, 0.3) is 0 Å². The van der Waals surface area contributed by atoms with Crippen molar-refractivity contribution in [2.75, 3.05) is 0 Å². The number of nitrogens with zero attached hydrogens (tertiary/aromatic N) is 4. The number of hydrazine groups is 2. The average Bonchev–Trinajstić information content (AvgIpc) is 3.17. The van der Waals surface area contributed by atoms with Gasteiger partial charge in [-0.05, 0) is 30.7 Å². The van der Waals surface area contributed by atoms with Crippen LogP contribution in [0.1, 0.15) is 46.0 Å². The summed E-state index contributed by atoms with van der Waals surface area (Å²) in [6.45, 7) is 3.82. The molecule has 1 unspecified atom stereocenters. The van der Waals surface area contributed by atoms with Crippen LogP contribution in [0.5, 0.6) is 0 Å². The van der Waals surface area contributed by atoms with Crippen LogP contribution in [0.15, 0.2) is 9.98 Å². The maximum absolute atomic E-state index is 11.2. The van der Waals surface area contributed by atoms with Crippen LogP contribution < -0.4 is 5.84 Å². The van der Waals surface area contributed by atoms with Crippen LogP contribution in [0.2, 0.25) is 0 Å². The van der Waals surface area contributed by atoms with Gasteiger partial charge in [-0.25, -0.2) is 20.8 Å². The van der Waals surface area contributed by atoms with Crippen molar-refractivity contribution in [3.05, 3.63) is 0 Å². The predicted molar refractivity (Wildman–Crippen MR) is 76.0 cm³/mol. The molecule has 0 radical (unpaired) electrons. The number of unbranched alkanes of at least 4 members (excludes halogenated alkanes) is 1. The van der Waals surface area contributed by atoms with Gasteiger partial charge in [-0.15, -0.1) is 0 Å². The van der Waals surface area contributed by atoms with Gasteiger partial charge in [0.2, 0.25) is 0 Å². The summed E-state index contributed by atoms with van der Waals surface area (Å²) in [6.07, 6.45) is 4.19. The van der Waals surface area contributed by atoms with Crippen LogP contribution in [0, 0.1) is 5.92 Å². The number of hydrogen-bond acceptors (Lipinski definition) is 6. The highest BCUT2D eigenvalue weighted by Crippen LogP contribution is 2.34. The van der Waals surface area contributed by atoms with Gasteiger partial charge in [-0.1, -0.05) is 13.3 Å². The van der Waals surface area contributed by atoms with E-state index in [4.69, 9.17) is 10.4 Å². The molecule has 1 saturated carbocycles. The lowest BCUT2D eigenvalue weighted by atomic mass is 10.2. The fourth-order valence-electron chi connectivity index (χ4n) is 2.13. The fourth-order valence-corrected chi connectivity index (χ4v) is 2.57. The van der Waals surface area contributed by atoms with E-state index in [9.17, 15) is 8.42 Å². The lowest BCUT2D eigenvalue weighted by molar-refractivity contribution is 0.0895. The van der Waals surface area contributed by atoms with Gasteiger partial charge in [0.05, 0.1) is 0 Å². The maximum atomic E-state index is 11.2. The highest BCUT2D eigenvalue weighted by atomic mass is 32.2. The van der Waals surface area contributed by atoms with Gasteiger partial charge in [0.25, 0.3) is 0 Å². The monoisotopic (exact) mass is 303 g/mol. The summed E-state index contributed by atoms with van der Waals surface area (Å²) in [5, 5.41) is 1.25. The highest BCUT2D eigenvalue weighted by molar-refractivity contribution is 7.83. The summed E-state index contributed by atoms with van der Waals surface area (Å²) in [4.78, 5) is 8.80. The van der Waals surface area contributed by atoms with Gasteiger partial charge in [-0.3, -0.25) is 4.55 Å². The molecule has 8 nitrogen and oxygen atoms in total. The van der Waals surface area contributed by atoms with E-state index in [1.807, 2.05) is 0 Å². The average molecular weight is 303 g/mol. The summed E-state index contributed by atoms with van der Waals surface area (Å²) in [5.41, 5.74) is 0. The molecule has 0 aromatic carbocycles. The molecule has 114 valence electrons. The van der Waals surface area contributed by atoms with Crippen molar-refractivity contribution in [2.24, 2.45) is 21.7 Å². The van der Waals surface area contributed by atoms with Gasteiger partial charge >= 0.3 is 10.3 Å². The Labute approximate surface area is 119 Å². The number of amidine groups is 2. The van der Waals surface area contributed by atoms with Crippen molar-refractivity contribution >= 4 is 22.0 Å². The zero-order chi connectivity index (χ0) is 14.9. The van der Waals surface area contributed by atoms with E-state index in [1.54, 1.807) is 6.92 Å². The van der Waals surface area contributed by atoms with E-state index >= 15 is 0 Å². The zero-order valence-electron chi connectivity index (χ0n) is 11.7. The molecule has 0 aromatic heterocycles. The van der Waals surface area contributed by atoms with Gasteiger partial charge < -0.3 is 0 Å². The third-order valence-corrected chi connectivity index (χ3v) is 3.96. The molecule has 2 rings (SSSR count). The molecule has 3 N–H and O–H groups in total. The van der Waals surface area contributed by atoms with Crippen molar-refractivity contribution in [2.45, 2.75) is 52.1 Å². The molecule has 1 atom stereocenters. The van der Waals surface area contributed by atoms with Crippen LogP contribution in [0.4, 0.5) is 0 Å². The minimum absolute atomic E-state index is 0.192. The Morgan fingerprint density at radius 1 is 1.50 bits per heavy atom. The molecule has 0 amide bonds. The number of aliphatic imine (C=N–C) groups is 2. The number of hydrogen-bond donors (Lipinski definition) is 2. The van der Waals surface area contributed by atoms with Crippen LogP contribution in [-0.2, 0) is 10.3 Å². The second-order valence-corrected chi connectivity index (χ2v) is 6.39. The minimum atomic E-state index is -4.52. The molecule has 1 heterocycles. The number of nitrogens with two attached hydrogens (primary N) is 1. The number of rotatable bonds is 6. The van der Waals surface area contributed by atoms with E-state index < -0.39 is 16.5 Å². The summed E-state index contributed by atoms with van der Waals surface area (Å²) in [7, 11) is -4.52. The molecule has 0 spiro atoms. The lowest BCUT2D eigenvalue weighted by Gasteiger charge is -2.36. The molecule has 9 heteroatoms. The van der Waals surface area contributed by atoms with Crippen molar-refractivity contribution in [1.29, 1.82) is 0 Å². The van der Waals surface area contributed by atoms with Crippen LogP contribution in [-0.4, -0.2) is 40.3 Å². The molecule has 1 aliphatic heterocycles. The standard InChI is InChI=1S/C11H21N5O3S/c1-3-4-5-10-13-8(2)15(16(12)20(17,18)19)11(14-10)9-6-7-9/h8-9H,3-7,12H2,1-2H3,(H,17,18,19). The zero-order valence-corrected chi connectivity index (χ0v) is 12.5. The first-order valence-corrected chi connectivity index (χ1v) is 8.21. The first-order valence-electron chi connectivity index (χ1n) is 6.81. The van der Waals surface area contributed by atoms with E-state index in [1.165, 1.54) is 5.01 Å². The smallest absolute Gasteiger partial charge is 0.271 e. The van der Waals surface area contributed by atoms with Crippen molar-refractivity contribution in [3.63, 3.8) is 0 Å². The first-order chi connectivity index (χ1) is 9.34. The third kappa shape index (κ3) is 3.35. The Hall–Kier alpha value is -1.03. The topological polar surface area (TPSA) is 112 Å². The van der Waals surface area contributed by atoms with Gasteiger partial charge in [-0.2, -0.15) is 8.42 Å². The Morgan fingerprint density at radius 2 is 2.15 bits per heavy atom. The second-order valence-electron chi connectivity index (χ2n) is 5.12. The molecular weight excluding hydrogens is 282 g/mol. The normalized spacial score (nSPS) is 23.9. The maximum Gasteiger partial charge on any atom is 0.367 e. The van der Waals surface area contributed by atoms with Crippen LogP contribution >= 0.6 is 0 Å². The predicted octanol–water partition coefficient (Wildman–Crippen LogP) is 0.939. The Morgan fingerprint density at radius 3 is 2.65 bits per heavy atom. The van der Waals surface area contributed by atoms with E-state index in [0.29, 0.717) is 10.4 Å². The molecule has 0 saturated heterocycles. The van der Waals surface area contributed by atoms with Crippen molar-refractivity contribution in [3.8, 4) is 0 Å². The largest absolute Gasteiger partial charge is 0.367 e. The third-order valence-electron chi connectivity index (χ3n) is 3.31. The van der Waals surface area contributed by atoms with Crippen LogP contribution in [0.3, 0.4) is 0 Å². The molecule has 2 aliphatic rings. The van der Waals surface area contributed by atoms with Gasteiger partial charge in [0.1, 0.15) is 17.8 Å².